The fraction of sp³-hybridized carbons (Fsp3) is 0.143. The van der Waals surface area contributed by atoms with Crippen LogP contribution in [0.5, 0.6) is 0 Å². The predicted octanol–water partition coefficient (Wildman–Crippen LogP) is 0.526. The van der Waals surface area contributed by atoms with Crippen LogP contribution in [0.4, 0.5) is 0 Å². The smallest absolute Gasteiger partial charge is 0.332 e. The highest BCUT2D eigenvalue weighted by Crippen LogP contribution is 2.07. The molecule has 0 amide bonds. The zero-order valence-corrected chi connectivity index (χ0v) is 11.6. The van der Waals surface area contributed by atoms with E-state index < -0.39 is 11.2 Å². The third kappa shape index (κ3) is 2.18. The molecular weight excluding hydrogens is 270 g/mol. The molecular formula is C14H13N5O2. The van der Waals surface area contributed by atoms with Crippen molar-refractivity contribution in [3.63, 3.8) is 0 Å². The van der Waals surface area contributed by atoms with Gasteiger partial charge in [-0.2, -0.15) is 0 Å². The molecule has 0 spiro atoms. The van der Waals surface area contributed by atoms with E-state index in [1.807, 2.05) is 18.2 Å². The zero-order valence-electron chi connectivity index (χ0n) is 11.6. The number of nitrogens with zero attached hydrogens (tertiary/aromatic N) is 4. The summed E-state index contributed by atoms with van der Waals surface area (Å²) in [6, 6.07) is 5.57. The molecule has 0 atom stereocenters. The minimum Gasteiger partial charge on any atom is -0.333 e. The Balaban J connectivity index is 2.13. The number of rotatable bonds is 2. The van der Waals surface area contributed by atoms with Gasteiger partial charge in [-0.25, -0.2) is 9.78 Å². The molecule has 21 heavy (non-hydrogen) atoms. The number of aromatic nitrogens is 5. The molecule has 0 aliphatic carbocycles. The van der Waals surface area contributed by atoms with E-state index in [-0.39, 0.29) is 0 Å². The summed E-state index contributed by atoms with van der Waals surface area (Å²) >= 11 is 0. The van der Waals surface area contributed by atoms with E-state index in [0.717, 1.165) is 10.3 Å². The molecule has 0 aliphatic rings. The van der Waals surface area contributed by atoms with E-state index in [1.165, 1.54) is 11.6 Å². The van der Waals surface area contributed by atoms with Gasteiger partial charge < -0.3 is 4.98 Å². The second-order valence-electron chi connectivity index (χ2n) is 4.61. The van der Waals surface area contributed by atoms with Gasteiger partial charge in [0.2, 0.25) is 0 Å². The van der Waals surface area contributed by atoms with Gasteiger partial charge in [0.25, 0.3) is 5.56 Å². The normalized spacial score (nSPS) is 11.5. The highest BCUT2D eigenvalue weighted by molar-refractivity contribution is 5.74. The topological polar surface area (TPSA) is 85.6 Å². The fourth-order valence-electron chi connectivity index (χ4n) is 2.06. The maximum Gasteiger partial charge on any atom is 0.332 e. The molecule has 0 aromatic carbocycles. The lowest BCUT2D eigenvalue weighted by atomic mass is 10.3. The van der Waals surface area contributed by atoms with E-state index in [0.29, 0.717) is 17.0 Å². The summed E-state index contributed by atoms with van der Waals surface area (Å²) < 4.78 is 2.39. The van der Waals surface area contributed by atoms with Gasteiger partial charge in [0.15, 0.2) is 5.65 Å². The molecule has 106 valence electrons. The van der Waals surface area contributed by atoms with E-state index >= 15 is 0 Å². The number of hydrogen-bond acceptors (Lipinski definition) is 4. The minimum absolute atomic E-state index is 0.306. The van der Waals surface area contributed by atoms with Gasteiger partial charge in [0, 0.05) is 20.3 Å². The molecule has 0 unspecified atom stereocenters. The molecule has 0 saturated carbocycles. The van der Waals surface area contributed by atoms with Crippen molar-refractivity contribution in [2.75, 3.05) is 0 Å². The summed E-state index contributed by atoms with van der Waals surface area (Å²) in [5, 5.41) is 0. The van der Waals surface area contributed by atoms with Gasteiger partial charge in [-0.05, 0) is 24.3 Å². The highest BCUT2D eigenvalue weighted by atomic mass is 16.2. The molecule has 3 heterocycles. The number of fused-ring (bicyclic) bond motifs is 1. The number of H-pyrrole nitrogens is 1. The van der Waals surface area contributed by atoms with Crippen LogP contribution in [0, 0.1) is 0 Å². The van der Waals surface area contributed by atoms with Gasteiger partial charge in [0.1, 0.15) is 11.3 Å². The lowest BCUT2D eigenvalue weighted by molar-refractivity contribution is 0.709. The number of nitrogens with one attached hydrogen (secondary N) is 1. The first-order valence-electron chi connectivity index (χ1n) is 6.33. The van der Waals surface area contributed by atoms with Gasteiger partial charge in [-0.3, -0.25) is 18.9 Å². The summed E-state index contributed by atoms with van der Waals surface area (Å²) in [7, 11) is 3.02. The van der Waals surface area contributed by atoms with Crippen LogP contribution in [-0.4, -0.2) is 24.1 Å². The molecule has 1 N–H and O–H groups in total. The van der Waals surface area contributed by atoms with Crippen LogP contribution in [0.3, 0.4) is 0 Å². The maximum absolute atomic E-state index is 12.0. The van der Waals surface area contributed by atoms with Crippen LogP contribution in [-0.2, 0) is 14.1 Å². The first-order valence-corrected chi connectivity index (χ1v) is 6.33. The van der Waals surface area contributed by atoms with E-state index in [4.69, 9.17) is 0 Å². The van der Waals surface area contributed by atoms with Crippen molar-refractivity contribution in [2.45, 2.75) is 0 Å². The molecule has 3 rings (SSSR count). The molecule has 7 heteroatoms. The van der Waals surface area contributed by atoms with Crippen LogP contribution < -0.4 is 11.2 Å². The fourth-order valence-corrected chi connectivity index (χ4v) is 2.06. The predicted molar refractivity (Wildman–Crippen MR) is 79.7 cm³/mol. The Hall–Kier alpha value is -2.96. The highest BCUT2D eigenvalue weighted by Gasteiger charge is 2.11. The third-order valence-electron chi connectivity index (χ3n) is 3.21. The summed E-state index contributed by atoms with van der Waals surface area (Å²) in [5.41, 5.74) is 0.626. The first kappa shape index (κ1) is 13.0. The van der Waals surface area contributed by atoms with Crippen LogP contribution in [0.15, 0.2) is 34.0 Å². The Morgan fingerprint density at radius 2 is 1.95 bits per heavy atom. The van der Waals surface area contributed by atoms with Crippen molar-refractivity contribution in [3.05, 3.63) is 56.8 Å². The lowest BCUT2D eigenvalue weighted by Gasteiger charge is -2.00. The third-order valence-corrected chi connectivity index (χ3v) is 3.21. The Morgan fingerprint density at radius 1 is 1.14 bits per heavy atom. The summed E-state index contributed by atoms with van der Waals surface area (Å²) in [5.74, 6) is 0.494. The van der Waals surface area contributed by atoms with Gasteiger partial charge in [-0.1, -0.05) is 6.07 Å². The molecule has 0 radical (unpaired) electrons. The molecule has 3 aromatic heterocycles. The SMILES string of the molecule is Cn1c(=O)c2[nH]c(/C=C/c3ccccn3)nc2n(C)c1=O. The average Bonchev–Trinajstić information content (AvgIpc) is 2.94. The van der Waals surface area contributed by atoms with E-state index in [1.54, 1.807) is 25.4 Å². The lowest BCUT2D eigenvalue weighted by Crippen LogP contribution is -2.36. The Kier molecular flexibility index (Phi) is 3.02. The van der Waals surface area contributed by atoms with Crippen molar-refractivity contribution in [1.29, 1.82) is 0 Å². The number of hydrogen-bond donors (Lipinski definition) is 1. The second kappa shape index (κ2) is 4.86. The van der Waals surface area contributed by atoms with E-state index in [9.17, 15) is 9.59 Å². The largest absolute Gasteiger partial charge is 0.333 e. The zero-order chi connectivity index (χ0) is 15.0. The van der Waals surface area contributed by atoms with E-state index in [2.05, 4.69) is 15.0 Å². The van der Waals surface area contributed by atoms with Crippen molar-refractivity contribution in [2.24, 2.45) is 14.1 Å². The molecule has 7 nitrogen and oxygen atoms in total. The minimum atomic E-state index is -0.403. The van der Waals surface area contributed by atoms with Crippen LogP contribution in [0.1, 0.15) is 11.5 Å². The quantitative estimate of drug-likeness (QED) is 0.743. The monoisotopic (exact) mass is 283 g/mol. The molecule has 0 bridgehead atoms. The van der Waals surface area contributed by atoms with Gasteiger partial charge >= 0.3 is 5.69 Å². The first-order chi connectivity index (χ1) is 10.1. The summed E-state index contributed by atoms with van der Waals surface area (Å²) in [6.07, 6.45) is 5.18. The summed E-state index contributed by atoms with van der Waals surface area (Å²) in [6.45, 7) is 0. The molecule has 3 aromatic rings. The van der Waals surface area contributed by atoms with Crippen LogP contribution >= 0.6 is 0 Å². The molecule has 0 fully saturated rings. The summed E-state index contributed by atoms with van der Waals surface area (Å²) in [4.78, 5) is 35.2. The van der Waals surface area contributed by atoms with Gasteiger partial charge in [-0.15, -0.1) is 0 Å². The maximum atomic E-state index is 12.0. The average molecular weight is 283 g/mol. The number of pyridine rings is 1. The Morgan fingerprint density at radius 3 is 2.67 bits per heavy atom. The van der Waals surface area contributed by atoms with Crippen molar-refractivity contribution < 1.29 is 0 Å². The van der Waals surface area contributed by atoms with Crippen molar-refractivity contribution in [1.82, 2.24) is 24.1 Å². The number of aromatic amines is 1. The van der Waals surface area contributed by atoms with Gasteiger partial charge in [0.05, 0.1) is 5.69 Å². The van der Waals surface area contributed by atoms with Crippen LogP contribution in [0.2, 0.25) is 0 Å². The standard InChI is InChI=1S/C14H13N5O2/c1-18-12-11(13(20)19(2)14(18)21)16-10(17-12)7-6-9-5-3-4-8-15-9/h3-8H,1-2H3,(H,16,17)/b7-6+. The van der Waals surface area contributed by atoms with Crippen LogP contribution in [0.25, 0.3) is 23.3 Å². The second-order valence-corrected chi connectivity index (χ2v) is 4.61. The van der Waals surface area contributed by atoms with Crippen molar-refractivity contribution >= 4 is 23.3 Å². The van der Waals surface area contributed by atoms with Crippen molar-refractivity contribution in [3.8, 4) is 0 Å². The number of aryl methyl sites for hydroxylation is 1. The molecule has 0 saturated heterocycles. The molecule has 0 aliphatic heterocycles. The Labute approximate surface area is 119 Å². The Bertz CT molecular complexity index is 947. The number of imidazole rings is 1.